The van der Waals surface area contributed by atoms with Crippen molar-refractivity contribution < 1.29 is 9.53 Å². The highest BCUT2D eigenvalue weighted by atomic mass is 16.5. The quantitative estimate of drug-likeness (QED) is 0.904. The van der Waals surface area contributed by atoms with Crippen molar-refractivity contribution in [3.05, 3.63) is 53.8 Å². The van der Waals surface area contributed by atoms with Crippen molar-refractivity contribution in [2.24, 2.45) is 5.92 Å². The number of nitrogens with one attached hydrogen (secondary N) is 1. The van der Waals surface area contributed by atoms with Crippen LogP contribution >= 0.6 is 0 Å². The van der Waals surface area contributed by atoms with Crippen molar-refractivity contribution in [2.75, 3.05) is 26.1 Å². The molecule has 4 heteroatoms. The molecule has 1 amide bonds. The minimum Gasteiger partial charge on any atom is -0.497 e. The lowest BCUT2D eigenvalue weighted by Gasteiger charge is -2.23. The number of hydrogen-bond acceptors (Lipinski definition) is 3. The van der Waals surface area contributed by atoms with Gasteiger partial charge in [-0.1, -0.05) is 18.2 Å². The van der Waals surface area contributed by atoms with Crippen molar-refractivity contribution >= 4 is 11.6 Å². The van der Waals surface area contributed by atoms with Crippen molar-refractivity contribution in [2.45, 2.75) is 13.0 Å². The van der Waals surface area contributed by atoms with Crippen LogP contribution < -0.4 is 10.2 Å². The molecule has 1 unspecified atom stereocenters. The highest BCUT2D eigenvalue weighted by molar-refractivity contribution is 5.95. The molecular weight excluding hydrogens is 264 g/mol. The topological polar surface area (TPSA) is 41.6 Å². The average Bonchev–Trinajstić information content (AvgIpc) is 2.54. The summed E-state index contributed by atoms with van der Waals surface area (Å²) in [6.45, 7) is 0.791. The summed E-state index contributed by atoms with van der Waals surface area (Å²) in [6.07, 6.45) is 6.40. The first-order valence-electron chi connectivity index (χ1n) is 7.09. The average molecular weight is 286 g/mol. The minimum atomic E-state index is -0.123. The molecule has 1 aromatic carbocycles. The van der Waals surface area contributed by atoms with Crippen LogP contribution in [-0.4, -0.2) is 27.1 Å². The van der Waals surface area contributed by atoms with Gasteiger partial charge in [0.05, 0.1) is 13.0 Å². The summed E-state index contributed by atoms with van der Waals surface area (Å²) < 4.78 is 5.15. The highest BCUT2D eigenvalue weighted by Gasteiger charge is 2.22. The predicted octanol–water partition coefficient (Wildman–Crippen LogP) is 2.48. The van der Waals surface area contributed by atoms with Crippen LogP contribution in [0, 0.1) is 5.92 Å². The maximum Gasteiger partial charge on any atom is 0.233 e. The number of methoxy groups -OCH3 is 1. The van der Waals surface area contributed by atoms with E-state index in [1.54, 1.807) is 12.0 Å². The van der Waals surface area contributed by atoms with E-state index in [2.05, 4.69) is 5.32 Å². The molecule has 1 aliphatic rings. The van der Waals surface area contributed by atoms with E-state index in [-0.39, 0.29) is 11.8 Å². The Morgan fingerprint density at radius 2 is 2.29 bits per heavy atom. The van der Waals surface area contributed by atoms with Crippen LogP contribution in [0.1, 0.15) is 12.0 Å². The Morgan fingerprint density at radius 3 is 2.90 bits per heavy atom. The second-order valence-corrected chi connectivity index (χ2v) is 5.11. The van der Waals surface area contributed by atoms with E-state index in [0.29, 0.717) is 6.42 Å². The zero-order chi connectivity index (χ0) is 15.2. The molecule has 1 atom stereocenters. The van der Waals surface area contributed by atoms with E-state index in [1.165, 1.54) is 0 Å². The maximum absolute atomic E-state index is 12.6. The summed E-state index contributed by atoms with van der Waals surface area (Å²) in [5.74, 6) is 0.791. The minimum absolute atomic E-state index is 0.0965. The lowest BCUT2D eigenvalue weighted by Crippen LogP contribution is -2.32. The van der Waals surface area contributed by atoms with Crippen molar-refractivity contribution in [3.63, 3.8) is 0 Å². The largest absolute Gasteiger partial charge is 0.497 e. The molecule has 0 spiro atoms. The van der Waals surface area contributed by atoms with Crippen LogP contribution in [-0.2, 0) is 16.1 Å². The molecule has 1 aromatic rings. The third kappa shape index (κ3) is 3.73. The van der Waals surface area contributed by atoms with E-state index >= 15 is 0 Å². The third-order valence-corrected chi connectivity index (χ3v) is 3.63. The number of hydrogen-bond donors (Lipinski definition) is 1. The number of rotatable bonds is 5. The number of nitrogens with zero attached hydrogens (tertiary/aromatic N) is 1. The number of ether oxygens (including phenoxy) is 1. The maximum atomic E-state index is 12.6. The summed E-state index contributed by atoms with van der Waals surface area (Å²) in [4.78, 5) is 14.3. The lowest BCUT2D eigenvalue weighted by atomic mass is 9.98. The molecule has 1 aliphatic carbocycles. The van der Waals surface area contributed by atoms with Gasteiger partial charge in [0.25, 0.3) is 0 Å². The van der Waals surface area contributed by atoms with Gasteiger partial charge in [-0.25, -0.2) is 0 Å². The first-order valence-corrected chi connectivity index (χ1v) is 7.09. The molecule has 4 nitrogen and oxygen atoms in total. The Morgan fingerprint density at radius 1 is 1.48 bits per heavy atom. The normalized spacial score (nSPS) is 17.3. The van der Waals surface area contributed by atoms with Crippen LogP contribution in [0.5, 0.6) is 0 Å². The van der Waals surface area contributed by atoms with Crippen LogP contribution in [0.2, 0.25) is 0 Å². The van der Waals surface area contributed by atoms with E-state index in [0.717, 1.165) is 23.6 Å². The smallest absolute Gasteiger partial charge is 0.233 e. The first kappa shape index (κ1) is 15.3. The molecule has 1 N–H and O–H groups in total. The molecule has 0 saturated carbocycles. The summed E-state index contributed by atoms with van der Waals surface area (Å²) in [5, 5.41) is 3.12. The summed E-state index contributed by atoms with van der Waals surface area (Å²) in [6, 6.07) is 8.02. The SMILES string of the molecule is CNCc1cccc(N(C)C(=O)C2C=CC(OC)=CC2)c1. The van der Waals surface area contributed by atoms with Crippen LogP contribution in [0.25, 0.3) is 0 Å². The summed E-state index contributed by atoms with van der Waals surface area (Å²) >= 11 is 0. The molecule has 0 fully saturated rings. The predicted molar refractivity (Wildman–Crippen MR) is 85.0 cm³/mol. The Balaban J connectivity index is 2.08. The van der Waals surface area contributed by atoms with Gasteiger partial charge in [-0.15, -0.1) is 0 Å². The Labute approximate surface area is 126 Å². The molecule has 2 rings (SSSR count). The third-order valence-electron chi connectivity index (χ3n) is 3.63. The standard InChI is InChI=1S/C17H22N2O2/c1-18-12-13-5-4-6-15(11-13)19(2)17(20)14-7-9-16(21-3)10-8-14/h4-7,9-11,14,18H,8,12H2,1-3H3. The molecule has 112 valence electrons. The molecule has 0 radical (unpaired) electrons. The second kappa shape index (κ2) is 7.09. The van der Waals surface area contributed by atoms with Gasteiger partial charge in [0.2, 0.25) is 5.91 Å². The Bertz CT molecular complexity index is 564. The number of anilines is 1. The number of carbonyl (C=O) groups excluding carboxylic acids is 1. The lowest BCUT2D eigenvalue weighted by molar-refractivity contribution is -0.120. The van der Waals surface area contributed by atoms with Crippen molar-refractivity contribution in [3.8, 4) is 0 Å². The summed E-state index contributed by atoms with van der Waals surface area (Å²) in [5.41, 5.74) is 2.08. The summed E-state index contributed by atoms with van der Waals surface area (Å²) in [7, 11) is 5.37. The zero-order valence-corrected chi connectivity index (χ0v) is 12.8. The van der Waals surface area contributed by atoms with Gasteiger partial charge in [-0.3, -0.25) is 4.79 Å². The Hall–Kier alpha value is -2.07. The molecule has 0 heterocycles. The van der Waals surface area contributed by atoms with E-state index in [9.17, 15) is 4.79 Å². The van der Waals surface area contributed by atoms with E-state index in [1.807, 2.05) is 56.6 Å². The van der Waals surface area contributed by atoms with Crippen molar-refractivity contribution in [1.82, 2.24) is 5.32 Å². The zero-order valence-electron chi connectivity index (χ0n) is 12.8. The number of allylic oxidation sites excluding steroid dienone is 2. The van der Waals surface area contributed by atoms with Crippen molar-refractivity contribution in [1.29, 1.82) is 0 Å². The monoisotopic (exact) mass is 286 g/mol. The first-order chi connectivity index (χ1) is 10.2. The van der Waals surface area contributed by atoms with Gasteiger partial charge in [-0.2, -0.15) is 0 Å². The number of carbonyl (C=O) groups is 1. The van der Waals surface area contributed by atoms with E-state index < -0.39 is 0 Å². The molecule has 0 aliphatic heterocycles. The van der Waals surface area contributed by atoms with Crippen LogP contribution in [0.3, 0.4) is 0 Å². The van der Waals surface area contributed by atoms with Gasteiger partial charge in [0.15, 0.2) is 0 Å². The molecule has 21 heavy (non-hydrogen) atoms. The fraction of sp³-hybridized carbons (Fsp3) is 0.353. The number of amides is 1. The van der Waals surface area contributed by atoms with Gasteiger partial charge in [0, 0.05) is 19.3 Å². The van der Waals surface area contributed by atoms with Gasteiger partial charge in [-0.05, 0) is 43.3 Å². The fourth-order valence-electron chi connectivity index (χ4n) is 2.39. The molecule has 0 saturated heterocycles. The van der Waals surface area contributed by atoms with Crippen LogP contribution in [0.4, 0.5) is 5.69 Å². The Kier molecular flexibility index (Phi) is 5.17. The van der Waals surface area contributed by atoms with Gasteiger partial charge >= 0.3 is 0 Å². The van der Waals surface area contributed by atoms with Gasteiger partial charge in [0.1, 0.15) is 5.76 Å². The van der Waals surface area contributed by atoms with Crippen LogP contribution in [0.15, 0.2) is 48.3 Å². The fourth-order valence-corrected chi connectivity index (χ4v) is 2.39. The van der Waals surface area contributed by atoms with Gasteiger partial charge < -0.3 is 15.0 Å². The molecule has 0 aromatic heterocycles. The van der Waals surface area contributed by atoms with E-state index in [4.69, 9.17) is 4.74 Å². The second-order valence-electron chi connectivity index (χ2n) is 5.11. The highest BCUT2D eigenvalue weighted by Crippen LogP contribution is 2.22. The molecule has 0 bridgehead atoms. The number of benzene rings is 1. The molecular formula is C17H22N2O2.